The number of hydrogen-bond donors (Lipinski definition) is 0. The van der Waals surface area contributed by atoms with Crippen molar-refractivity contribution in [1.82, 2.24) is 0 Å². The van der Waals surface area contributed by atoms with E-state index in [0.717, 1.165) is 23.0 Å². The molecule has 1 saturated heterocycles. The largest absolute Gasteiger partial charge is 0.408 e. The molecule has 1 aliphatic heterocycles. The van der Waals surface area contributed by atoms with Gasteiger partial charge in [-0.25, -0.2) is 0 Å². The van der Waals surface area contributed by atoms with Crippen molar-refractivity contribution in [3.63, 3.8) is 0 Å². The summed E-state index contributed by atoms with van der Waals surface area (Å²) in [4.78, 5) is 12.6. The summed E-state index contributed by atoms with van der Waals surface area (Å²) in [5.74, 6) is 0. The minimum Gasteiger partial charge on any atom is -0.408 e. The van der Waals surface area contributed by atoms with Crippen molar-refractivity contribution in [2.75, 3.05) is 6.61 Å². The van der Waals surface area contributed by atoms with E-state index in [1.54, 1.807) is 0 Å². The van der Waals surface area contributed by atoms with Crippen LogP contribution in [0, 0.1) is 0 Å². The summed E-state index contributed by atoms with van der Waals surface area (Å²) in [6.45, 7) is 22.4. The Bertz CT molecular complexity index is 1250. The van der Waals surface area contributed by atoms with Crippen LogP contribution in [-0.4, -0.2) is 53.9 Å². The molecule has 44 heavy (non-hydrogen) atoms. The minimum absolute atomic E-state index is 0.0406. The van der Waals surface area contributed by atoms with Gasteiger partial charge in [-0.2, -0.15) is 0 Å². The molecule has 0 aliphatic carbocycles. The van der Waals surface area contributed by atoms with E-state index < -0.39 is 46.7 Å². The van der Waals surface area contributed by atoms with Gasteiger partial charge in [0.05, 0.1) is 6.61 Å². The number of aldehydes is 1. The molecule has 4 rings (SSSR count). The third-order valence-corrected chi connectivity index (χ3v) is 18.9. The molecule has 0 amide bonds. The first-order valence-electron chi connectivity index (χ1n) is 15.8. The molecular formula is C37H52O5Si2. The van der Waals surface area contributed by atoms with Crippen molar-refractivity contribution in [3.8, 4) is 0 Å². The molecule has 3 aromatic rings. The Labute approximate surface area is 267 Å². The third kappa shape index (κ3) is 7.03. The second-order valence-corrected chi connectivity index (χ2v) is 24.6. The van der Waals surface area contributed by atoms with Crippen LogP contribution in [0.15, 0.2) is 91.0 Å². The zero-order valence-corrected chi connectivity index (χ0v) is 30.3. The van der Waals surface area contributed by atoms with Gasteiger partial charge in [0.25, 0.3) is 0 Å². The predicted octanol–water partition coefficient (Wildman–Crippen LogP) is 8.74. The summed E-state index contributed by atoms with van der Waals surface area (Å²) < 4.78 is 27.9. The van der Waals surface area contributed by atoms with Gasteiger partial charge >= 0.3 is 0 Å². The Morgan fingerprint density at radius 1 is 0.636 bits per heavy atom. The number of hydrogen-bond acceptors (Lipinski definition) is 5. The number of carbonyl (C=O) groups is 1. The van der Waals surface area contributed by atoms with Crippen LogP contribution in [0.25, 0.3) is 0 Å². The smallest absolute Gasteiger partial charge is 0.192 e. The fourth-order valence-corrected chi connectivity index (χ4v) is 7.91. The van der Waals surface area contributed by atoms with Crippen LogP contribution in [0.3, 0.4) is 0 Å². The van der Waals surface area contributed by atoms with Gasteiger partial charge in [0.1, 0.15) is 30.0 Å². The normalized spacial score (nSPS) is 21.8. The standard InChI is InChI=1S/C37H52O5Si2/c1-35(2,3)43(7,8)41-33-31(26-38)40-32(34(33)42-44(9,10)36(4,5)6)27-39-37(28-20-14-11-15-21-28,29-22-16-12-17-23-29)30-24-18-13-19-25-30/h11-26,31-34H,27H2,1-10H3/t31-,32-,33-,34-/m1/s1. The van der Waals surface area contributed by atoms with Crippen LogP contribution in [0.1, 0.15) is 58.2 Å². The Balaban J connectivity index is 1.81. The van der Waals surface area contributed by atoms with Crippen molar-refractivity contribution >= 4 is 22.9 Å². The minimum atomic E-state index is -2.30. The van der Waals surface area contributed by atoms with Crippen LogP contribution < -0.4 is 0 Å². The average Bonchev–Trinajstić information content (AvgIpc) is 3.28. The van der Waals surface area contributed by atoms with Crippen molar-refractivity contribution in [2.24, 2.45) is 0 Å². The number of ether oxygens (including phenoxy) is 2. The average molecular weight is 633 g/mol. The Morgan fingerprint density at radius 2 is 1.00 bits per heavy atom. The maximum atomic E-state index is 12.6. The second kappa shape index (κ2) is 13.1. The zero-order valence-electron chi connectivity index (χ0n) is 28.3. The summed E-state index contributed by atoms with van der Waals surface area (Å²) >= 11 is 0. The van der Waals surface area contributed by atoms with Crippen LogP contribution in [0.5, 0.6) is 0 Å². The molecule has 0 bridgehead atoms. The van der Waals surface area contributed by atoms with E-state index in [2.05, 4.69) is 104 Å². The van der Waals surface area contributed by atoms with Gasteiger partial charge in [-0.3, -0.25) is 0 Å². The van der Waals surface area contributed by atoms with E-state index in [1.165, 1.54) is 0 Å². The highest BCUT2D eigenvalue weighted by atomic mass is 28.4. The van der Waals surface area contributed by atoms with Crippen molar-refractivity contribution in [3.05, 3.63) is 108 Å². The van der Waals surface area contributed by atoms with Crippen molar-refractivity contribution < 1.29 is 23.1 Å². The molecule has 0 radical (unpaired) electrons. The predicted molar refractivity (Wildman–Crippen MR) is 184 cm³/mol. The summed E-state index contributed by atoms with van der Waals surface area (Å²) in [6.07, 6.45) is -1.34. The van der Waals surface area contributed by atoms with E-state index in [4.69, 9.17) is 18.3 Å². The Hall–Kier alpha value is -2.40. The Morgan fingerprint density at radius 3 is 1.34 bits per heavy atom. The fraction of sp³-hybridized carbons (Fsp3) is 0.486. The molecule has 5 nitrogen and oxygen atoms in total. The van der Waals surface area contributed by atoms with E-state index in [1.807, 2.05) is 54.6 Å². The molecule has 1 fully saturated rings. The summed E-state index contributed by atoms with van der Waals surface area (Å²) in [7, 11) is -4.58. The maximum Gasteiger partial charge on any atom is 0.192 e. The highest BCUT2D eigenvalue weighted by molar-refractivity contribution is 6.74. The molecule has 7 heteroatoms. The first-order chi connectivity index (χ1) is 20.5. The van der Waals surface area contributed by atoms with Gasteiger partial charge in [-0.1, -0.05) is 133 Å². The number of rotatable bonds is 11. The summed E-state index contributed by atoms with van der Waals surface area (Å²) in [5.41, 5.74) is 2.12. The second-order valence-electron chi connectivity index (χ2n) is 15.1. The molecule has 0 saturated carbocycles. The molecule has 0 N–H and O–H groups in total. The van der Waals surface area contributed by atoms with Gasteiger partial charge in [0.2, 0.25) is 0 Å². The molecular weight excluding hydrogens is 581 g/mol. The van der Waals surface area contributed by atoms with E-state index in [-0.39, 0.29) is 16.7 Å². The van der Waals surface area contributed by atoms with Crippen LogP contribution in [0.4, 0.5) is 0 Å². The SMILES string of the molecule is CC(C)(C)[Si](C)(C)O[C@H]1[C@H](O[Si](C)(C)C(C)(C)C)[C@@H](COC(c2ccccc2)(c2ccccc2)c2ccccc2)O[C@@H]1C=O. The molecule has 3 aromatic carbocycles. The van der Waals surface area contributed by atoms with Crippen molar-refractivity contribution in [2.45, 2.75) is 108 Å². The van der Waals surface area contributed by atoms with Crippen molar-refractivity contribution in [1.29, 1.82) is 0 Å². The molecule has 4 atom stereocenters. The summed E-state index contributed by atoms with van der Waals surface area (Å²) in [5, 5.41) is -0.0826. The topological polar surface area (TPSA) is 54.0 Å². The quantitative estimate of drug-likeness (QED) is 0.120. The van der Waals surface area contributed by atoms with E-state index in [9.17, 15) is 4.79 Å². The first kappa shape index (κ1) is 34.5. The molecule has 0 aromatic heterocycles. The molecule has 238 valence electrons. The van der Waals surface area contributed by atoms with Gasteiger partial charge in [-0.15, -0.1) is 0 Å². The molecule has 0 unspecified atom stereocenters. The van der Waals surface area contributed by atoms with Gasteiger partial charge in [-0.05, 0) is 53.0 Å². The molecule has 1 aliphatic rings. The lowest BCUT2D eigenvalue weighted by Crippen LogP contribution is -2.54. The van der Waals surface area contributed by atoms with E-state index in [0.29, 0.717) is 0 Å². The third-order valence-electron chi connectivity index (χ3n) is 9.96. The van der Waals surface area contributed by atoms with Gasteiger partial charge < -0.3 is 23.1 Å². The van der Waals surface area contributed by atoms with Crippen LogP contribution in [0.2, 0.25) is 36.3 Å². The maximum absolute atomic E-state index is 12.6. The fourth-order valence-electron chi connectivity index (χ4n) is 5.29. The first-order valence-corrected chi connectivity index (χ1v) is 21.6. The highest BCUT2D eigenvalue weighted by Gasteiger charge is 2.54. The number of carbonyl (C=O) groups excluding carboxylic acids is 1. The Kier molecular flexibility index (Phi) is 10.3. The number of benzene rings is 3. The van der Waals surface area contributed by atoms with Crippen LogP contribution >= 0.6 is 0 Å². The lowest BCUT2D eigenvalue weighted by atomic mass is 9.80. The lowest BCUT2D eigenvalue weighted by molar-refractivity contribution is -0.123. The monoisotopic (exact) mass is 632 g/mol. The lowest BCUT2D eigenvalue weighted by Gasteiger charge is -2.44. The van der Waals surface area contributed by atoms with Crippen LogP contribution in [-0.2, 0) is 28.7 Å². The molecule has 1 heterocycles. The van der Waals surface area contributed by atoms with Gasteiger partial charge in [0, 0.05) is 0 Å². The molecule has 0 spiro atoms. The zero-order chi connectivity index (χ0) is 32.4. The highest BCUT2D eigenvalue weighted by Crippen LogP contribution is 2.45. The van der Waals surface area contributed by atoms with E-state index >= 15 is 0 Å². The van der Waals surface area contributed by atoms with Gasteiger partial charge in [0.15, 0.2) is 22.9 Å². The summed E-state index contributed by atoms with van der Waals surface area (Å²) in [6, 6.07) is 31.0.